The fraction of sp³-hybridized carbons (Fsp3) is 0.440. The van der Waals surface area contributed by atoms with Crippen LogP contribution in [0.2, 0.25) is 5.02 Å². The third-order valence-corrected chi connectivity index (χ3v) is 6.64. The first kappa shape index (κ1) is 28.6. The SMILES string of the molecule is CC(C(=O)NC(C)(C)C)N(Cc1ccc(Cl)cc1)C(=O)CCCN(c1ccc(F)cc1)S(C)(=O)=O. The number of halogens is 2. The highest BCUT2D eigenvalue weighted by Gasteiger charge is 2.28. The van der Waals surface area contributed by atoms with Crippen LogP contribution < -0.4 is 9.62 Å². The number of hydrogen-bond donors (Lipinski definition) is 1. The van der Waals surface area contributed by atoms with E-state index >= 15 is 0 Å². The molecule has 10 heteroatoms. The molecule has 0 fully saturated rings. The van der Waals surface area contributed by atoms with E-state index in [0.29, 0.717) is 10.7 Å². The van der Waals surface area contributed by atoms with E-state index in [0.717, 1.165) is 16.1 Å². The van der Waals surface area contributed by atoms with Gasteiger partial charge in [0.2, 0.25) is 21.8 Å². The number of anilines is 1. The van der Waals surface area contributed by atoms with Crippen molar-refractivity contribution in [2.24, 2.45) is 0 Å². The molecule has 35 heavy (non-hydrogen) atoms. The molecule has 0 radical (unpaired) electrons. The number of amides is 2. The standard InChI is InChI=1S/C25H33ClFN3O4S/c1-18(24(32)28-25(2,3)4)29(17-19-8-10-20(26)11-9-19)23(31)7-6-16-30(35(5,33)34)22-14-12-21(27)13-15-22/h8-15,18H,6-7,16-17H2,1-5H3,(H,28,32). The fourth-order valence-electron chi connectivity index (χ4n) is 3.45. The second-order valence-corrected chi connectivity index (χ2v) is 11.8. The first-order valence-electron chi connectivity index (χ1n) is 11.3. The summed E-state index contributed by atoms with van der Waals surface area (Å²) in [4.78, 5) is 27.6. The zero-order valence-electron chi connectivity index (χ0n) is 20.7. The minimum Gasteiger partial charge on any atom is -0.350 e. The second-order valence-electron chi connectivity index (χ2n) is 9.48. The first-order valence-corrected chi connectivity index (χ1v) is 13.5. The molecule has 0 aliphatic heterocycles. The van der Waals surface area contributed by atoms with Gasteiger partial charge in [0.15, 0.2) is 0 Å². The molecular formula is C25H33ClFN3O4S. The van der Waals surface area contributed by atoms with Gasteiger partial charge in [0.25, 0.3) is 0 Å². The van der Waals surface area contributed by atoms with Gasteiger partial charge in [-0.25, -0.2) is 12.8 Å². The van der Waals surface area contributed by atoms with E-state index in [1.54, 1.807) is 31.2 Å². The van der Waals surface area contributed by atoms with E-state index in [9.17, 15) is 22.4 Å². The van der Waals surface area contributed by atoms with Gasteiger partial charge in [-0.2, -0.15) is 0 Å². The predicted octanol–water partition coefficient (Wildman–Crippen LogP) is 4.36. The summed E-state index contributed by atoms with van der Waals surface area (Å²) in [6, 6.07) is 11.4. The van der Waals surface area contributed by atoms with E-state index in [1.807, 2.05) is 20.8 Å². The molecule has 1 unspecified atom stereocenters. The van der Waals surface area contributed by atoms with Crippen molar-refractivity contribution in [1.29, 1.82) is 0 Å². The van der Waals surface area contributed by atoms with E-state index in [1.165, 1.54) is 29.2 Å². The van der Waals surface area contributed by atoms with Crippen LogP contribution in [-0.4, -0.2) is 49.5 Å². The van der Waals surface area contributed by atoms with Crippen LogP contribution in [0.4, 0.5) is 10.1 Å². The van der Waals surface area contributed by atoms with Gasteiger partial charge in [0.05, 0.1) is 11.9 Å². The highest BCUT2D eigenvalue weighted by atomic mass is 35.5. The van der Waals surface area contributed by atoms with Gasteiger partial charge < -0.3 is 10.2 Å². The van der Waals surface area contributed by atoms with Crippen LogP contribution in [0.25, 0.3) is 0 Å². The molecule has 0 saturated carbocycles. The number of nitrogens with zero attached hydrogens (tertiary/aromatic N) is 2. The van der Waals surface area contributed by atoms with Gasteiger partial charge in [0, 0.05) is 30.1 Å². The molecule has 7 nitrogen and oxygen atoms in total. The summed E-state index contributed by atoms with van der Waals surface area (Å²) in [6.45, 7) is 7.47. The van der Waals surface area contributed by atoms with Gasteiger partial charge in [-0.3, -0.25) is 13.9 Å². The Labute approximate surface area is 212 Å². The van der Waals surface area contributed by atoms with Crippen LogP contribution >= 0.6 is 11.6 Å². The van der Waals surface area contributed by atoms with Gasteiger partial charge in [0.1, 0.15) is 11.9 Å². The summed E-state index contributed by atoms with van der Waals surface area (Å²) in [6.07, 6.45) is 1.30. The number of benzene rings is 2. The van der Waals surface area contributed by atoms with Crippen molar-refractivity contribution in [2.75, 3.05) is 17.1 Å². The molecule has 0 aliphatic carbocycles. The minimum absolute atomic E-state index is 0.0218. The number of sulfonamides is 1. The normalized spacial score (nSPS) is 12.7. The lowest BCUT2D eigenvalue weighted by Crippen LogP contribution is -2.52. The maximum Gasteiger partial charge on any atom is 0.242 e. The Kier molecular flexibility index (Phi) is 9.68. The molecule has 1 atom stereocenters. The van der Waals surface area contributed by atoms with Crippen molar-refractivity contribution in [3.63, 3.8) is 0 Å². The molecule has 0 bridgehead atoms. The van der Waals surface area contributed by atoms with Crippen LogP contribution in [0, 0.1) is 5.82 Å². The Morgan fingerprint density at radius 3 is 2.14 bits per heavy atom. The third-order valence-electron chi connectivity index (χ3n) is 5.20. The Morgan fingerprint density at radius 1 is 1.06 bits per heavy atom. The number of rotatable bonds is 10. The number of nitrogens with one attached hydrogen (secondary N) is 1. The molecule has 1 N–H and O–H groups in total. The molecule has 0 spiro atoms. The molecule has 2 aromatic carbocycles. The third kappa shape index (κ3) is 9.14. The monoisotopic (exact) mass is 525 g/mol. The lowest BCUT2D eigenvalue weighted by Gasteiger charge is -2.32. The molecule has 2 rings (SSSR count). The molecular weight excluding hydrogens is 493 g/mol. The van der Waals surface area contributed by atoms with Gasteiger partial charge >= 0.3 is 0 Å². The summed E-state index contributed by atoms with van der Waals surface area (Å²) < 4.78 is 39.0. The van der Waals surface area contributed by atoms with Crippen molar-refractivity contribution in [1.82, 2.24) is 10.2 Å². The van der Waals surface area contributed by atoms with E-state index < -0.39 is 27.4 Å². The molecule has 0 aromatic heterocycles. The van der Waals surface area contributed by atoms with Crippen molar-refractivity contribution in [2.45, 2.75) is 58.7 Å². The van der Waals surface area contributed by atoms with Gasteiger partial charge in [-0.05, 0) is 76.1 Å². The van der Waals surface area contributed by atoms with Gasteiger partial charge in [-0.15, -0.1) is 0 Å². The maximum atomic E-state index is 13.3. The maximum absolute atomic E-state index is 13.3. The Balaban J connectivity index is 2.17. The van der Waals surface area contributed by atoms with E-state index in [4.69, 9.17) is 11.6 Å². The largest absolute Gasteiger partial charge is 0.350 e. The zero-order valence-corrected chi connectivity index (χ0v) is 22.3. The minimum atomic E-state index is -3.64. The van der Waals surface area contributed by atoms with E-state index in [2.05, 4.69) is 5.32 Å². The van der Waals surface area contributed by atoms with Crippen molar-refractivity contribution >= 4 is 39.1 Å². The molecule has 0 heterocycles. The average molecular weight is 526 g/mol. The Hall–Kier alpha value is -2.65. The zero-order chi connectivity index (χ0) is 26.4. The summed E-state index contributed by atoms with van der Waals surface area (Å²) in [5.74, 6) is -1.05. The van der Waals surface area contributed by atoms with Crippen LogP contribution in [-0.2, 0) is 26.2 Å². The highest BCUT2D eigenvalue weighted by Crippen LogP contribution is 2.20. The predicted molar refractivity (Wildman–Crippen MR) is 137 cm³/mol. The van der Waals surface area contributed by atoms with Crippen molar-refractivity contribution in [3.05, 3.63) is 64.9 Å². The number of carbonyl (C=O) groups excluding carboxylic acids is 2. The fourth-order valence-corrected chi connectivity index (χ4v) is 4.55. The molecule has 0 saturated heterocycles. The molecule has 2 amide bonds. The molecule has 192 valence electrons. The van der Waals surface area contributed by atoms with Crippen LogP contribution in [0.1, 0.15) is 46.1 Å². The lowest BCUT2D eigenvalue weighted by atomic mass is 10.1. The highest BCUT2D eigenvalue weighted by molar-refractivity contribution is 7.92. The summed E-state index contributed by atoms with van der Waals surface area (Å²) in [7, 11) is -3.64. The van der Waals surface area contributed by atoms with Crippen LogP contribution in [0.3, 0.4) is 0 Å². The van der Waals surface area contributed by atoms with Crippen molar-refractivity contribution < 1.29 is 22.4 Å². The smallest absolute Gasteiger partial charge is 0.242 e. The summed E-state index contributed by atoms with van der Waals surface area (Å²) in [5, 5.41) is 3.46. The molecule has 2 aromatic rings. The quantitative estimate of drug-likeness (QED) is 0.499. The second kappa shape index (κ2) is 11.9. The Morgan fingerprint density at radius 2 is 1.63 bits per heavy atom. The number of carbonyl (C=O) groups is 2. The summed E-state index contributed by atoms with van der Waals surface area (Å²) in [5.41, 5.74) is 0.658. The van der Waals surface area contributed by atoms with Gasteiger partial charge in [-0.1, -0.05) is 23.7 Å². The number of hydrogen-bond acceptors (Lipinski definition) is 4. The Bertz CT molecular complexity index is 1120. The molecule has 0 aliphatic rings. The topological polar surface area (TPSA) is 86.8 Å². The lowest BCUT2D eigenvalue weighted by molar-refractivity contribution is -0.141. The van der Waals surface area contributed by atoms with Crippen molar-refractivity contribution in [3.8, 4) is 0 Å². The average Bonchev–Trinajstić information content (AvgIpc) is 2.74. The van der Waals surface area contributed by atoms with Crippen LogP contribution in [0.15, 0.2) is 48.5 Å². The van der Waals surface area contributed by atoms with E-state index in [-0.39, 0.29) is 37.7 Å². The van der Waals surface area contributed by atoms with Crippen LogP contribution in [0.5, 0.6) is 0 Å². The first-order chi connectivity index (χ1) is 16.2. The summed E-state index contributed by atoms with van der Waals surface area (Å²) >= 11 is 5.97.